The smallest absolute Gasteiger partial charge is 0.344 e. The van der Waals surface area contributed by atoms with Crippen molar-refractivity contribution in [1.82, 2.24) is 5.32 Å². The fourth-order valence-corrected chi connectivity index (χ4v) is 0.931. The van der Waals surface area contributed by atoms with E-state index in [1.807, 2.05) is 0 Å². The molecule has 0 fully saturated rings. The van der Waals surface area contributed by atoms with Crippen molar-refractivity contribution in [1.29, 1.82) is 0 Å². The van der Waals surface area contributed by atoms with Gasteiger partial charge in [-0.05, 0) is 0 Å². The maximum absolute atomic E-state index is 10.7. The summed E-state index contributed by atoms with van der Waals surface area (Å²) in [6.07, 6.45) is 0.938. The third kappa shape index (κ3) is 0.794. The molecule has 0 aromatic rings. The minimum atomic E-state index is -0.467. The Hall–Kier alpha value is -1.72. The number of nitrogens with two attached hydrogens (primary N) is 1. The van der Waals surface area contributed by atoms with Crippen LogP contribution in [-0.4, -0.2) is 30.1 Å². The molecule has 0 saturated heterocycles. The van der Waals surface area contributed by atoms with Gasteiger partial charge in [-0.25, -0.2) is 14.8 Å². The first-order valence-corrected chi connectivity index (χ1v) is 3.02. The lowest BCUT2D eigenvalue weighted by molar-refractivity contribution is 0.248. The molecule has 3 N–H and O–H groups in total. The van der Waals surface area contributed by atoms with Gasteiger partial charge >= 0.3 is 6.03 Å². The normalized spacial score (nSPS) is 27.3. The number of hydrogen-bond donors (Lipinski definition) is 2. The zero-order valence-electron chi connectivity index (χ0n) is 5.48. The molecule has 2 aliphatic heterocycles. The first-order valence-electron chi connectivity index (χ1n) is 3.02. The predicted molar refractivity (Wildman–Crippen MR) is 39.9 cm³/mol. The van der Waals surface area contributed by atoms with E-state index < -0.39 is 12.2 Å². The average Bonchev–Trinajstić information content (AvgIpc) is 2.34. The first kappa shape index (κ1) is 6.02. The largest absolute Gasteiger partial charge is 0.382 e. The van der Waals surface area contributed by atoms with Crippen molar-refractivity contribution >= 4 is 23.9 Å². The van der Waals surface area contributed by atoms with Gasteiger partial charge in [0.15, 0.2) is 12.0 Å². The Morgan fingerprint density at radius 2 is 2.45 bits per heavy atom. The SMILES string of the molecule is NC1=NC(=O)NC2N=CN=C12. The molecule has 2 amide bonds. The third-order valence-electron chi connectivity index (χ3n) is 1.42. The van der Waals surface area contributed by atoms with E-state index in [1.165, 1.54) is 6.34 Å². The van der Waals surface area contributed by atoms with E-state index in [0.717, 1.165) is 0 Å². The minimum Gasteiger partial charge on any atom is -0.382 e. The zero-order chi connectivity index (χ0) is 7.84. The van der Waals surface area contributed by atoms with Gasteiger partial charge in [0.05, 0.1) is 0 Å². The fraction of sp³-hybridized carbons (Fsp3) is 0.200. The number of carbonyl (C=O) groups is 1. The lowest BCUT2D eigenvalue weighted by Gasteiger charge is -2.15. The maximum Gasteiger partial charge on any atom is 0.344 e. The first-order chi connectivity index (χ1) is 5.27. The van der Waals surface area contributed by atoms with Crippen molar-refractivity contribution in [2.45, 2.75) is 6.17 Å². The van der Waals surface area contributed by atoms with Crippen molar-refractivity contribution in [2.75, 3.05) is 0 Å². The Morgan fingerprint density at radius 1 is 1.64 bits per heavy atom. The van der Waals surface area contributed by atoms with Gasteiger partial charge < -0.3 is 11.1 Å². The molecule has 0 radical (unpaired) electrons. The van der Waals surface area contributed by atoms with Gasteiger partial charge in [0.2, 0.25) is 0 Å². The van der Waals surface area contributed by atoms with Crippen LogP contribution in [0.3, 0.4) is 0 Å². The van der Waals surface area contributed by atoms with E-state index in [-0.39, 0.29) is 5.84 Å². The Balaban J connectivity index is 2.42. The van der Waals surface area contributed by atoms with Crippen molar-refractivity contribution in [3.63, 3.8) is 0 Å². The fourth-order valence-electron chi connectivity index (χ4n) is 0.931. The van der Waals surface area contributed by atoms with Crippen LogP contribution in [0.25, 0.3) is 0 Å². The summed E-state index contributed by atoms with van der Waals surface area (Å²) < 4.78 is 0. The Labute approximate surface area is 61.9 Å². The molecule has 56 valence electrons. The van der Waals surface area contributed by atoms with Crippen LogP contribution in [0.5, 0.6) is 0 Å². The summed E-state index contributed by atoms with van der Waals surface area (Å²) in [5, 5.41) is 2.47. The summed E-state index contributed by atoms with van der Waals surface area (Å²) in [4.78, 5) is 21.8. The number of fused-ring (bicyclic) bond motifs is 1. The van der Waals surface area contributed by atoms with E-state index in [4.69, 9.17) is 5.73 Å². The second-order valence-corrected chi connectivity index (χ2v) is 2.13. The van der Waals surface area contributed by atoms with E-state index in [1.54, 1.807) is 0 Å². The highest BCUT2D eigenvalue weighted by atomic mass is 16.2. The Kier molecular flexibility index (Phi) is 1.03. The van der Waals surface area contributed by atoms with Gasteiger partial charge in [0, 0.05) is 0 Å². The summed E-state index contributed by atoms with van der Waals surface area (Å²) in [5.74, 6) is 0.149. The number of nitrogens with zero attached hydrogens (tertiary/aromatic N) is 3. The standard InChI is InChI=1S/C5H5N5O/c6-3-2-4(8-1-7-2)10-5(11)9-3/h1,4H,(H3,6,9,10,11). The summed E-state index contributed by atoms with van der Waals surface area (Å²) in [6.45, 7) is 0. The average molecular weight is 151 g/mol. The summed E-state index contributed by atoms with van der Waals surface area (Å²) in [7, 11) is 0. The molecule has 0 spiro atoms. The molecule has 0 bridgehead atoms. The molecule has 1 atom stereocenters. The number of rotatable bonds is 0. The molecule has 6 nitrogen and oxygen atoms in total. The van der Waals surface area contributed by atoms with Gasteiger partial charge in [-0.15, -0.1) is 0 Å². The second kappa shape index (κ2) is 1.88. The molecule has 1 unspecified atom stereocenters. The van der Waals surface area contributed by atoms with Crippen LogP contribution in [0, 0.1) is 0 Å². The van der Waals surface area contributed by atoms with E-state index in [0.29, 0.717) is 5.71 Å². The highest BCUT2D eigenvalue weighted by Crippen LogP contribution is 2.03. The number of amidine groups is 1. The lowest BCUT2D eigenvalue weighted by Crippen LogP contribution is -2.47. The monoisotopic (exact) mass is 151 g/mol. The van der Waals surface area contributed by atoms with Gasteiger partial charge in [0.1, 0.15) is 12.1 Å². The molecule has 6 heteroatoms. The molecule has 0 aromatic heterocycles. The predicted octanol–water partition coefficient (Wildman–Crippen LogP) is -1.12. The summed E-state index contributed by atoms with van der Waals surface area (Å²) >= 11 is 0. The topological polar surface area (TPSA) is 92.2 Å². The molecular weight excluding hydrogens is 146 g/mol. The molecule has 2 heterocycles. The van der Waals surface area contributed by atoms with Crippen LogP contribution in [-0.2, 0) is 0 Å². The second-order valence-electron chi connectivity index (χ2n) is 2.13. The van der Waals surface area contributed by atoms with Gasteiger partial charge in [-0.2, -0.15) is 4.99 Å². The van der Waals surface area contributed by atoms with Crippen molar-refractivity contribution in [2.24, 2.45) is 20.7 Å². The zero-order valence-corrected chi connectivity index (χ0v) is 5.48. The Bertz CT molecular complexity index is 302. The van der Waals surface area contributed by atoms with Crippen LogP contribution in [0.2, 0.25) is 0 Å². The van der Waals surface area contributed by atoms with Crippen molar-refractivity contribution in [3.05, 3.63) is 0 Å². The number of aliphatic imine (C=N–C) groups is 3. The highest BCUT2D eigenvalue weighted by molar-refractivity contribution is 6.47. The number of amides is 2. The van der Waals surface area contributed by atoms with Gasteiger partial charge in [-0.1, -0.05) is 0 Å². The summed E-state index contributed by atoms with van der Waals surface area (Å²) in [6, 6.07) is -0.467. The molecular formula is C5H5N5O. The van der Waals surface area contributed by atoms with Crippen LogP contribution < -0.4 is 11.1 Å². The third-order valence-corrected chi connectivity index (χ3v) is 1.42. The molecule has 2 rings (SSSR count). The van der Waals surface area contributed by atoms with Crippen LogP contribution in [0.4, 0.5) is 4.79 Å². The van der Waals surface area contributed by atoms with Crippen LogP contribution in [0.15, 0.2) is 15.0 Å². The van der Waals surface area contributed by atoms with Crippen LogP contribution >= 0.6 is 0 Å². The van der Waals surface area contributed by atoms with Crippen molar-refractivity contribution < 1.29 is 4.79 Å². The number of hydrogen-bond acceptors (Lipinski definition) is 4. The Morgan fingerprint density at radius 3 is 3.27 bits per heavy atom. The van der Waals surface area contributed by atoms with E-state index in [2.05, 4.69) is 20.3 Å². The number of nitrogens with one attached hydrogen (secondary N) is 1. The number of urea groups is 1. The number of carbonyl (C=O) groups excluding carboxylic acids is 1. The maximum atomic E-state index is 10.7. The molecule has 0 saturated carbocycles. The minimum absolute atomic E-state index is 0.149. The van der Waals surface area contributed by atoms with E-state index in [9.17, 15) is 4.79 Å². The van der Waals surface area contributed by atoms with Crippen molar-refractivity contribution in [3.8, 4) is 0 Å². The van der Waals surface area contributed by atoms with Gasteiger partial charge in [-0.3, -0.25) is 0 Å². The molecule has 2 aliphatic rings. The summed E-state index contributed by atoms with van der Waals surface area (Å²) in [5.41, 5.74) is 5.91. The van der Waals surface area contributed by atoms with Crippen LogP contribution in [0.1, 0.15) is 0 Å². The molecule has 0 aromatic carbocycles. The lowest BCUT2D eigenvalue weighted by atomic mass is 10.2. The van der Waals surface area contributed by atoms with Gasteiger partial charge in [0.25, 0.3) is 0 Å². The quantitative estimate of drug-likeness (QED) is 0.458. The molecule has 0 aliphatic carbocycles. The van der Waals surface area contributed by atoms with E-state index >= 15 is 0 Å². The highest BCUT2D eigenvalue weighted by Gasteiger charge is 2.27. The molecule has 11 heavy (non-hydrogen) atoms.